The number of hydrogen-bond acceptors (Lipinski definition) is 4. The zero-order valence-electron chi connectivity index (χ0n) is 16.4. The smallest absolute Gasteiger partial charge is 0.259 e. The second kappa shape index (κ2) is 7.16. The molecule has 5 nitrogen and oxygen atoms in total. The van der Waals surface area contributed by atoms with Crippen molar-refractivity contribution in [3.8, 4) is 6.07 Å². The summed E-state index contributed by atoms with van der Waals surface area (Å²) in [6, 6.07) is 26.4. The molecule has 0 radical (unpaired) electrons. The molecule has 5 rings (SSSR count). The van der Waals surface area contributed by atoms with Crippen molar-refractivity contribution in [1.82, 2.24) is 0 Å². The van der Waals surface area contributed by atoms with Crippen LogP contribution in [0.1, 0.15) is 33.0 Å². The highest BCUT2D eigenvalue weighted by Crippen LogP contribution is 2.45. The Balaban J connectivity index is 1.63. The standard InChI is InChI=1S/C25H19N3O2/c1-16-11-13-17(14-12-16)23-22-19-9-5-6-10-20(19)28(21(15-26)24(22)30-27-23)25(29)18-7-3-2-4-8-18/h2-14,21-22,24H,1H3/t21?,22-,24-/m1/s1. The van der Waals surface area contributed by atoms with Gasteiger partial charge in [-0.2, -0.15) is 5.26 Å². The quantitative estimate of drug-likeness (QED) is 0.647. The van der Waals surface area contributed by atoms with E-state index in [2.05, 4.69) is 11.2 Å². The van der Waals surface area contributed by atoms with Crippen LogP contribution in [0.25, 0.3) is 0 Å². The minimum absolute atomic E-state index is 0.214. The maximum Gasteiger partial charge on any atom is 0.259 e. The molecule has 0 aliphatic carbocycles. The minimum atomic E-state index is -0.788. The van der Waals surface area contributed by atoms with Crippen molar-refractivity contribution >= 4 is 17.3 Å². The van der Waals surface area contributed by atoms with Crippen LogP contribution in [0.15, 0.2) is 84.0 Å². The van der Waals surface area contributed by atoms with Crippen LogP contribution in [0, 0.1) is 18.3 Å². The second-order valence-electron chi connectivity index (χ2n) is 7.56. The average molecular weight is 393 g/mol. The molecule has 0 fully saturated rings. The van der Waals surface area contributed by atoms with E-state index in [-0.39, 0.29) is 11.8 Å². The summed E-state index contributed by atoms with van der Waals surface area (Å²) in [4.78, 5) is 20.7. The fourth-order valence-corrected chi connectivity index (χ4v) is 4.27. The topological polar surface area (TPSA) is 65.7 Å². The van der Waals surface area contributed by atoms with E-state index in [0.29, 0.717) is 5.56 Å². The Hall–Kier alpha value is -3.91. The molecule has 2 aliphatic heterocycles. The summed E-state index contributed by atoms with van der Waals surface area (Å²) in [6.45, 7) is 2.04. The first-order valence-corrected chi connectivity index (χ1v) is 9.87. The molecule has 146 valence electrons. The van der Waals surface area contributed by atoms with Crippen molar-refractivity contribution in [3.05, 3.63) is 101 Å². The highest BCUT2D eigenvalue weighted by Gasteiger charge is 2.50. The van der Waals surface area contributed by atoms with Crippen molar-refractivity contribution < 1.29 is 9.63 Å². The fourth-order valence-electron chi connectivity index (χ4n) is 4.27. The Bertz CT molecular complexity index is 1180. The third-order valence-corrected chi connectivity index (χ3v) is 5.74. The van der Waals surface area contributed by atoms with Crippen LogP contribution in [-0.2, 0) is 4.84 Å². The van der Waals surface area contributed by atoms with E-state index in [4.69, 9.17) is 4.84 Å². The lowest BCUT2D eigenvalue weighted by molar-refractivity contribution is 0.0596. The Labute approximate surface area is 174 Å². The van der Waals surface area contributed by atoms with Crippen LogP contribution >= 0.6 is 0 Å². The molecule has 1 amide bonds. The molecule has 5 heteroatoms. The Kier molecular flexibility index (Phi) is 4.33. The van der Waals surface area contributed by atoms with Crippen LogP contribution in [0.5, 0.6) is 0 Å². The van der Waals surface area contributed by atoms with E-state index in [9.17, 15) is 10.1 Å². The maximum atomic E-state index is 13.4. The van der Waals surface area contributed by atoms with E-state index in [1.165, 1.54) is 0 Å². The molecule has 1 unspecified atom stereocenters. The average Bonchev–Trinajstić information content (AvgIpc) is 3.24. The Morgan fingerprint density at radius 1 is 1.00 bits per heavy atom. The molecule has 0 spiro atoms. The number of anilines is 1. The number of aryl methyl sites for hydroxylation is 1. The first-order chi connectivity index (χ1) is 14.7. The third kappa shape index (κ3) is 2.77. The van der Waals surface area contributed by atoms with Gasteiger partial charge in [-0.25, -0.2) is 0 Å². The molecule has 3 aromatic rings. The zero-order chi connectivity index (χ0) is 20.7. The Morgan fingerprint density at radius 3 is 2.43 bits per heavy atom. The number of benzene rings is 3. The summed E-state index contributed by atoms with van der Waals surface area (Å²) in [5.74, 6) is -0.436. The zero-order valence-corrected chi connectivity index (χ0v) is 16.4. The van der Waals surface area contributed by atoms with E-state index >= 15 is 0 Å². The number of carbonyl (C=O) groups is 1. The van der Waals surface area contributed by atoms with Gasteiger partial charge < -0.3 is 4.84 Å². The second-order valence-corrected chi connectivity index (χ2v) is 7.56. The monoisotopic (exact) mass is 393 g/mol. The van der Waals surface area contributed by atoms with Gasteiger partial charge in [0.25, 0.3) is 5.91 Å². The van der Waals surface area contributed by atoms with E-state index in [1.807, 2.05) is 73.7 Å². The highest BCUT2D eigenvalue weighted by molar-refractivity contribution is 6.12. The van der Waals surface area contributed by atoms with Gasteiger partial charge in [-0.05, 0) is 30.7 Å². The largest absolute Gasteiger partial charge is 0.388 e. The van der Waals surface area contributed by atoms with Crippen molar-refractivity contribution in [2.24, 2.45) is 5.16 Å². The van der Waals surface area contributed by atoms with Crippen molar-refractivity contribution in [2.75, 3.05) is 4.90 Å². The summed E-state index contributed by atoms with van der Waals surface area (Å²) in [5, 5.41) is 14.4. The van der Waals surface area contributed by atoms with Crippen LogP contribution in [-0.4, -0.2) is 23.8 Å². The molecular weight excluding hydrogens is 374 g/mol. The number of para-hydroxylation sites is 1. The first-order valence-electron chi connectivity index (χ1n) is 9.87. The van der Waals surface area contributed by atoms with Crippen LogP contribution < -0.4 is 4.90 Å². The van der Waals surface area contributed by atoms with Gasteiger partial charge in [-0.1, -0.05) is 71.4 Å². The molecule has 3 atom stereocenters. The molecule has 0 bridgehead atoms. The Morgan fingerprint density at radius 2 is 1.70 bits per heavy atom. The van der Waals surface area contributed by atoms with Gasteiger partial charge in [0, 0.05) is 16.8 Å². The van der Waals surface area contributed by atoms with Gasteiger partial charge >= 0.3 is 0 Å². The van der Waals surface area contributed by atoms with Gasteiger partial charge in [-0.3, -0.25) is 9.69 Å². The molecule has 3 aromatic carbocycles. The molecule has 0 aromatic heterocycles. The molecule has 2 heterocycles. The number of oxime groups is 1. The fraction of sp³-hybridized carbons (Fsp3) is 0.160. The van der Waals surface area contributed by atoms with Crippen molar-refractivity contribution in [1.29, 1.82) is 5.26 Å². The molecule has 0 N–H and O–H groups in total. The SMILES string of the molecule is Cc1ccc(C2=NO[C@@H]3C(C#N)N(C(=O)c4ccccc4)c4ccccc4[C@H]23)cc1. The van der Waals surface area contributed by atoms with Crippen LogP contribution in [0.2, 0.25) is 0 Å². The predicted molar refractivity (Wildman–Crippen MR) is 114 cm³/mol. The summed E-state index contributed by atoms with van der Waals surface area (Å²) >= 11 is 0. The molecular formula is C25H19N3O2. The molecule has 0 saturated heterocycles. The lowest BCUT2D eigenvalue weighted by atomic mass is 9.78. The minimum Gasteiger partial charge on any atom is -0.388 e. The van der Waals surface area contributed by atoms with Gasteiger partial charge in [0.1, 0.15) is 0 Å². The van der Waals surface area contributed by atoms with E-state index in [0.717, 1.165) is 28.1 Å². The van der Waals surface area contributed by atoms with Crippen LogP contribution in [0.3, 0.4) is 0 Å². The number of nitriles is 1. The normalized spacial score (nSPS) is 21.7. The summed E-state index contributed by atoms with van der Waals surface area (Å²) in [6.07, 6.45) is -0.561. The first kappa shape index (κ1) is 18.1. The molecule has 0 saturated carbocycles. The maximum absolute atomic E-state index is 13.4. The number of nitrogens with zero attached hydrogens (tertiary/aromatic N) is 3. The summed E-state index contributed by atoms with van der Waals surface area (Å²) in [5.41, 5.74) is 5.11. The van der Waals surface area contributed by atoms with E-state index < -0.39 is 12.1 Å². The van der Waals surface area contributed by atoms with Gasteiger partial charge in [-0.15, -0.1) is 0 Å². The van der Waals surface area contributed by atoms with Gasteiger partial charge in [0.2, 0.25) is 0 Å². The number of fused-ring (bicyclic) bond motifs is 3. The molecule has 30 heavy (non-hydrogen) atoms. The third-order valence-electron chi connectivity index (χ3n) is 5.74. The summed E-state index contributed by atoms with van der Waals surface area (Å²) in [7, 11) is 0. The molecule has 2 aliphatic rings. The van der Waals surface area contributed by atoms with Crippen molar-refractivity contribution in [2.45, 2.75) is 25.0 Å². The van der Waals surface area contributed by atoms with Gasteiger partial charge in [0.15, 0.2) is 12.1 Å². The lowest BCUT2D eigenvalue weighted by Crippen LogP contribution is -2.52. The number of amides is 1. The van der Waals surface area contributed by atoms with Crippen LogP contribution in [0.4, 0.5) is 5.69 Å². The predicted octanol–water partition coefficient (Wildman–Crippen LogP) is 4.43. The number of rotatable bonds is 2. The highest BCUT2D eigenvalue weighted by atomic mass is 16.6. The van der Waals surface area contributed by atoms with Gasteiger partial charge in [0.05, 0.1) is 17.7 Å². The van der Waals surface area contributed by atoms with E-state index in [1.54, 1.807) is 17.0 Å². The van der Waals surface area contributed by atoms with Crippen molar-refractivity contribution in [3.63, 3.8) is 0 Å². The number of carbonyl (C=O) groups excluding carboxylic acids is 1. The lowest BCUT2D eigenvalue weighted by Gasteiger charge is -2.39. The summed E-state index contributed by atoms with van der Waals surface area (Å²) < 4.78 is 0. The number of hydrogen-bond donors (Lipinski definition) is 0.